The predicted octanol–water partition coefficient (Wildman–Crippen LogP) is 3.22. The van der Waals surface area contributed by atoms with Crippen molar-refractivity contribution in [1.29, 1.82) is 0 Å². The Morgan fingerprint density at radius 1 is 1.14 bits per heavy atom. The summed E-state index contributed by atoms with van der Waals surface area (Å²) >= 11 is 6.13. The van der Waals surface area contributed by atoms with Crippen LogP contribution < -0.4 is 15.5 Å². The van der Waals surface area contributed by atoms with Crippen LogP contribution in [-0.4, -0.2) is 103 Å². The molecule has 3 aromatic rings. The lowest BCUT2D eigenvalue weighted by molar-refractivity contribution is -0.145. The molecule has 0 saturated carbocycles. The summed E-state index contributed by atoms with van der Waals surface area (Å²) in [5.74, 6) is -0.997. The van der Waals surface area contributed by atoms with E-state index in [-0.39, 0.29) is 36.1 Å². The van der Waals surface area contributed by atoms with Crippen LogP contribution in [-0.2, 0) is 19.1 Å². The summed E-state index contributed by atoms with van der Waals surface area (Å²) in [6.45, 7) is 5.68. The molecule has 0 aliphatic carbocycles. The van der Waals surface area contributed by atoms with Gasteiger partial charge in [0.1, 0.15) is 17.1 Å². The number of amides is 1. The van der Waals surface area contributed by atoms with Gasteiger partial charge in [0.15, 0.2) is 18.2 Å². The highest BCUT2D eigenvalue weighted by Crippen LogP contribution is 2.35. The number of rotatable bonds is 10. The molecule has 2 saturated heterocycles. The molecule has 2 aliphatic rings. The molecule has 1 aromatic carbocycles. The lowest BCUT2D eigenvalue weighted by atomic mass is 9.87. The number of pyridine rings is 1. The van der Waals surface area contributed by atoms with Gasteiger partial charge in [-0.2, -0.15) is 0 Å². The van der Waals surface area contributed by atoms with E-state index in [1.54, 1.807) is 36.3 Å². The molecule has 1 unspecified atom stereocenters. The van der Waals surface area contributed by atoms with Gasteiger partial charge in [-0.25, -0.2) is 9.37 Å². The van der Waals surface area contributed by atoms with Crippen molar-refractivity contribution < 1.29 is 23.5 Å². The first-order valence-electron chi connectivity index (χ1n) is 14.2. The summed E-state index contributed by atoms with van der Waals surface area (Å²) in [5, 5.41) is 15.0. The fourth-order valence-electron chi connectivity index (χ4n) is 5.12. The molecule has 2 aromatic heterocycles. The van der Waals surface area contributed by atoms with E-state index in [9.17, 15) is 18.8 Å². The van der Waals surface area contributed by atoms with Crippen LogP contribution in [0.3, 0.4) is 0 Å². The maximum Gasteiger partial charge on any atom is 0.321 e. The zero-order valence-corrected chi connectivity index (χ0v) is 25.5. The molecule has 14 heteroatoms. The van der Waals surface area contributed by atoms with Crippen LogP contribution in [0.25, 0.3) is 11.3 Å². The molecule has 2 fully saturated rings. The highest BCUT2D eigenvalue weighted by molar-refractivity contribution is 6.30. The number of esters is 1. The number of hydrogen-bond acceptors (Lipinski definition) is 11. The third-order valence-corrected chi connectivity index (χ3v) is 8.09. The van der Waals surface area contributed by atoms with Gasteiger partial charge in [0.2, 0.25) is 5.91 Å². The Hall–Kier alpha value is -4.20. The molecule has 1 amide bonds. The number of cyclic esters (lactones) is 1. The summed E-state index contributed by atoms with van der Waals surface area (Å²) in [6.07, 6.45) is 1.88. The first-order valence-corrected chi connectivity index (χ1v) is 14.6. The van der Waals surface area contributed by atoms with Crippen LogP contribution in [0.5, 0.6) is 0 Å². The number of Topliss-reactive ketones (excluding diaryl/α,β-unsaturated/α-hetero) is 1. The molecule has 5 rings (SSSR count). The number of piperazine rings is 1. The maximum atomic E-state index is 14.8. The second kappa shape index (κ2) is 13.2. The van der Waals surface area contributed by atoms with Crippen molar-refractivity contribution in [2.24, 2.45) is 5.41 Å². The second-order valence-electron chi connectivity index (χ2n) is 11.3. The normalized spacial score (nSPS) is 19.1. The molecule has 0 bridgehead atoms. The van der Waals surface area contributed by atoms with Crippen molar-refractivity contribution in [3.05, 3.63) is 53.4 Å². The zero-order chi connectivity index (χ0) is 31.4. The van der Waals surface area contributed by atoms with Crippen LogP contribution in [0.15, 0.2) is 42.6 Å². The number of benzene rings is 1. The van der Waals surface area contributed by atoms with E-state index in [1.807, 2.05) is 0 Å². The molecule has 0 spiro atoms. The quantitative estimate of drug-likeness (QED) is 0.254. The Kier molecular flexibility index (Phi) is 9.37. The van der Waals surface area contributed by atoms with Gasteiger partial charge in [-0.1, -0.05) is 11.6 Å². The smallest absolute Gasteiger partial charge is 0.321 e. The SMILES string of the molecule is CN1CCN(CCC(=O)Nc2cc(Nc3cc(-c4cc(Cl)ccc4F)nnc3N(C)CC3(C)C(=O)COC3=O)ccn2)CC1. The van der Waals surface area contributed by atoms with Gasteiger partial charge >= 0.3 is 5.97 Å². The van der Waals surface area contributed by atoms with E-state index in [4.69, 9.17) is 16.3 Å². The summed E-state index contributed by atoms with van der Waals surface area (Å²) in [7, 11) is 3.75. The van der Waals surface area contributed by atoms with E-state index in [0.717, 1.165) is 26.2 Å². The largest absolute Gasteiger partial charge is 0.457 e. The average Bonchev–Trinajstić information content (AvgIpc) is 3.24. The van der Waals surface area contributed by atoms with E-state index < -0.39 is 17.2 Å². The van der Waals surface area contributed by atoms with Gasteiger partial charge in [0, 0.05) is 81.3 Å². The first-order chi connectivity index (χ1) is 21.0. The fraction of sp³-hybridized carbons (Fsp3) is 0.400. The van der Waals surface area contributed by atoms with Crippen molar-refractivity contribution in [1.82, 2.24) is 25.0 Å². The highest BCUT2D eigenvalue weighted by atomic mass is 35.5. The van der Waals surface area contributed by atoms with Crippen LogP contribution in [0, 0.1) is 11.2 Å². The number of likely N-dealkylation sites (N-methyl/N-ethyl adjacent to an activating group) is 1. The van der Waals surface area contributed by atoms with E-state index in [0.29, 0.717) is 41.0 Å². The lowest BCUT2D eigenvalue weighted by Crippen LogP contribution is -2.45. The summed E-state index contributed by atoms with van der Waals surface area (Å²) in [6, 6.07) is 9.08. The Morgan fingerprint density at radius 3 is 2.64 bits per heavy atom. The molecular weight excluding hydrogens is 591 g/mol. The van der Waals surface area contributed by atoms with Crippen molar-refractivity contribution in [3.63, 3.8) is 0 Å². The topological polar surface area (TPSA) is 133 Å². The number of halogens is 2. The monoisotopic (exact) mass is 624 g/mol. The third-order valence-electron chi connectivity index (χ3n) is 7.85. The Balaban J connectivity index is 1.37. The standard InChI is InChI=1S/C30H34ClFN8O4/c1-30(25(41)17-44-29(30)43)18-39(3)28-24(16-23(36-37-28)21-14-19(31)4-5-22(21)32)34-20-6-8-33-26(15-20)35-27(42)7-9-40-12-10-38(2)11-13-40/h4-6,8,14-16H,7,9-13,17-18H2,1-3H3,(H2,33,34,35,36,42). The van der Waals surface area contributed by atoms with Gasteiger partial charge in [-0.3, -0.25) is 14.4 Å². The average molecular weight is 625 g/mol. The minimum absolute atomic E-state index is 0.0240. The van der Waals surface area contributed by atoms with Crippen molar-refractivity contribution in [2.75, 3.05) is 75.5 Å². The summed E-state index contributed by atoms with van der Waals surface area (Å²) in [4.78, 5) is 48.0. The Morgan fingerprint density at radius 2 is 1.91 bits per heavy atom. The summed E-state index contributed by atoms with van der Waals surface area (Å²) in [5.41, 5.74) is -0.0793. The van der Waals surface area contributed by atoms with Crippen molar-refractivity contribution in [2.45, 2.75) is 13.3 Å². The Bertz CT molecular complexity index is 1550. The lowest BCUT2D eigenvalue weighted by Gasteiger charge is -2.32. The van der Waals surface area contributed by atoms with Crippen LogP contribution >= 0.6 is 11.6 Å². The van der Waals surface area contributed by atoms with E-state index in [2.05, 4.69) is 42.7 Å². The van der Waals surface area contributed by atoms with E-state index in [1.165, 1.54) is 25.1 Å². The van der Waals surface area contributed by atoms with Crippen LogP contribution in [0.2, 0.25) is 5.02 Å². The third kappa shape index (κ3) is 7.12. The predicted molar refractivity (Wildman–Crippen MR) is 164 cm³/mol. The first kappa shape index (κ1) is 31.2. The molecule has 12 nitrogen and oxygen atoms in total. The number of hydrogen-bond donors (Lipinski definition) is 2. The molecule has 232 valence electrons. The Labute approximate surface area is 259 Å². The zero-order valence-electron chi connectivity index (χ0n) is 24.8. The summed E-state index contributed by atoms with van der Waals surface area (Å²) < 4.78 is 19.7. The minimum atomic E-state index is -1.39. The maximum absolute atomic E-state index is 14.8. The molecule has 4 heterocycles. The van der Waals surface area contributed by atoms with Crippen molar-refractivity contribution in [3.8, 4) is 11.3 Å². The van der Waals surface area contributed by atoms with Crippen molar-refractivity contribution >= 4 is 52.3 Å². The highest BCUT2D eigenvalue weighted by Gasteiger charge is 2.49. The van der Waals surface area contributed by atoms with Gasteiger partial charge in [0.25, 0.3) is 0 Å². The van der Waals surface area contributed by atoms with Gasteiger partial charge in [0.05, 0.1) is 11.4 Å². The van der Waals surface area contributed by atoms with Gasteiger partial charge < -0.3 is 30.1 Å². The molecular formula is C30H34ClFN8O4. The number of nitrogens with one attached hydrogen (secondary N) is 2. The minimum Gasteiger partial charge on any atom is -0.457 e. The number of ketones is 1. The van der Waals surface area contributed by atoms with Gasteiger partial charge in [-0.15, -0.1) is 10.2 Å². The van der Waals surface area contributed by atoms with E-state index >= 15 is 0 Å². The number of anilines is 4. The molecule has 2 N–H and O–H groups in total. The molecule has 1 atom stereocenters. The number of aromatic nitrogens is 3. The number of carbonyl (C=O) groups is 3. The number of ether oxygens (including phenoxy) is 1. The van der Waals surface area contributed by atoms with Crippen LogP contribution in [0.1, 0.15) is 13.3 Å². The van der Waals surface area contributed by atoms with Crippen LogP contribution in [0.4, 0.5) is 27.4 Å². The molecule has 0 radical (unpaired) electrons. The number of nitrogens with zero attached hydrogens (tertiary/aromatic N) is 6. The number of carbonyl (C=O) groups excluding carboxylic acids is 3. The molecule has 44 heavy (non-hydrogen) atoms. The fourth-order valence-corrected chi connectivity index (χ4v) is 5.29. The van der Waals surface area contributed by atoms with Gasteiger partial charge in [-0.05, 0) is 44.3 Å². The molecule has 2 aliphatic heterocycles. The second-order valence-corrected chi connectivity index (χ2v) is 11.7.